The fourth-order valence-electron chi connectivity index (χ4n) is 2.48. The fraction of sp³-hybridized carbons (Fsp3) is 0.429. The van der Waals surface area contributed by atoms with E-state index in [9.17, 15) is 4.39 Å². The number of halogens is 1. The SMILES string of the molecule is CSNCC1CN(c2ncnc3ccc(F)cc23)CCO1. The lowest BCUT2D eigenvalue weighted by Crippen LogP contribution is -2.46. The van der Waals surface area contributed by atoms with Gasteiger partial charge in [0.25, 0.3) is 0 Å². The third-order valence-electron chi connectivity index (χ3n) is 3.47. The highest BCUT2D eigenvalue weighted by atomic mass is 32.2. The van der Waals surface area contributed by atoms with Gasteiger partial charge >= 0.3 is 0 Å². The van der Waals surface area contributed by atoms with Gasteiger partial charge in [-0.15, -0.1) is 0 Å². The smallest absolute Gasteiger partial charge is 0.140 e. The standard InChI is InChI=1S/C14H17FN4OS/c1-21-18-7-11-8-19(4-5-20-11)14-12-6-10(15)2-3-13(12)16-9-17-14/h2-3,6,9,11,18H,4-5,7-8H2,1H3. The highest BCUT2D eigenvalue weighted by molar-refractivity contribution is 7.96. The second kappa shape index (κ2) is 6.55. The number of nitrogens with zero attached hydrogens (tertiary/aromatic N) is 3. The Morgan fingerprint density at radius 3 is 3.24 bits per heavy atom. The zero-order valence-corrected chi connectivity index (χ0v) is 12.6. The van der Waals surface area contributed by atoms with Gasteiger partial charge in [0, 0.05) is 25.0 Å². The number of hydrogen-bond acceptors (Lipinski definition) is 6. The second-order valence-corrected chi connectivity index (χ2v) is 5.55. The van der Waals surface area contributed by atoms with E-state index in [1.165, 1.54) is 18.5 Å². The fourth-order valence-corrected chi connectivity index (χ4v) is 2.83. The first-order valence-electron chi connectivity index (χ1n) is 6.80. The number of morpholine rings is 1. The van der Waals surface area contributed by atoms with Gasteiger partial charge in [-0.1, -0.05) is 11.9 Å². The summed E-state index contributed by atoms with van der Waals surface area (Å²) >= 11 is 1.57. The van der Waals surface area contributed by atoms with E-state index in [-0.39, 0.29) is 11.9 Å². The molecule has 2 heterocycles. The monoisotopic (exact) mass is 308 g/mol. The molecule has 2 aromatic rings. The molecule has 1 saturated heterocycles. The molecule has 0 radical (unpaired) electrons. The Bertz CT molecular complexity index is 627. The Labute approximate surface area is 127 Å². The van der Waals surface area contributed by atoms with Crippen LogP contribution in [-0.4, -0.2) is 48.6 Å². The molecule has 0 saturated carbocycles. The minimum Gasteiger partial charge on any atom is -0.373 e. The largest absolute Gasteiger partial charge is 0.373 e. The molecule has 1 fully saturated rings. The molecule has 0 amide bonds. The number of ether oxygens (including phenoxy) is 1. The Balaban J connectivity index is 1.87. The number of benzene rings is 1. The van der Waals surface area contributed by atoms with Gasteiger partial charge in [0.15, 0.2) is 0 Å². The highest BCUT2D eigenvalue weighted by Crippen LogP contribution is 2.25. The van der Waals surface area contributed by atoms with E-state index in [0.29, 0.717) is 6.61 Å². The topological polar surface area (TPSA) is 50.3 Å². The molecular formula is C14H17FN4OS. The van der Waals surface area contributed by atoms with Crippen molar-refractivity contribution in [3.05, 3.63) is 30.3 Å². The quantitative estimate of drug-likeness (QED) is 0.870. The van der Waals surface area contributed by atoms with E-state index in [1.54, 1.807) is 18.0 Å². The van der Waals surface area contributed by atoms with Crippen LogP contribution in [0.3, 0.4) is 0 Å². The van der Waals surface area contributed by atoms with Crippen LogP contribution >= 0.6 is 11.9 Å². The van der Waals surface area contributed by atoms with Crippen LogP contribution in [0.2, 0.25) is 0 Å². The number of nitrogens with one attached hydrogen (secondary N) is 1. The third kappa shape index (κ3) is 3.25. The van der Waals surface area contributed by atoms with Gasteiger partial charge in [0.2, 0.25) is 0 Å². The van der Waals surface area contributed by atoms with E-state index in [1.807, 2.05) is 6.26 Å². The summed E-state index contributed by atoms with van der Waals surface area (Å²) in [5, 5.41) is 0.746. The van der Waals surface area contributed by atoms with Crippen LogP contribution in [0.25, 0.3) is 10.9 Å². The van der Waals surface area contributed by atoms with Crippen LogP contribution in [-0.2, 0) is 4.74 Å². The lowest BCUT2D eigenvalue weighted by molar-refractivity contribution is 0.0445. The molecule has 0 spiro atoms. The maximum absolute atomic E-state index is 13.5. The summed E-state index contributed by atoms with van der Waals surface area (Å²) < 4.78 is 22.5. The molecule has 1 aliphatic rings. The first-order chi connectivity index (χ1) is 10.3. The van der Waals surface area contributed by atoms with E-state index in [4.69, 9.17) is 4.74 Å². The van der Waals surface area contributed by atoms with Crippen LogP contribution < -0.4 is 9.62 Å². The minimum absolute atomic E-state index is 0.102. The number of fused-ring (bicyclic) bond motifs is 1. The lowest BCUT2D eigenvalue weighted by atomic mass is 10.2. The predicted octanol–water partition coefficient (Wildman–Crippen LogP) is 1.84. The van der Waals surface area contributed by atoms with E-state index in [2.05, 4.69) is 19.6 Å². The number of hydrogen-bond donors (Lipinski definition) is 1. The van der Waals surface area contributed by atoms with Crippen molar-refractivity contribution in [3.8, 4) is 0 Å². The molecule has 0 bridgehead atoms. The Morgan fingerprint density at radius 1 is 1.48 bits per heavy atom. The van der Waals surface area contributed by atoms with Crippen molar-refractivity contribution in [2.45, 2.75) is 6.10 Å². The summed E-state index contributed by atoms with van der Waals surface area (Å²) in [4.78, 5) is 10.7. The molecule has 1 aliphatic heterocycles. The maximum Gasteiger partial charge on any atom is 0.140 e. The van der Waals surface area contributed by atoms with Crippen molar-refractivity contribution in [2.24, 2.45) is 0 Å². The summed E-state index contributed by atoms with van der Waals surface area (Å²) in [7, 11) is 0. The molecule has 1 aromatic heterocycles. The Hall–Kier alpha value is -1.44. The van der Waals surface area contributed by atoms with Crippen molar-refractivity contribution in [3.63, 3.8) is 0 Å². The van der Waals surface area contributed by atoms with Gasteiger partial charge in [-0.3, -0.25) is 4.72 Å². The average molecular weight is 308 g/mol. The van der Waals surface area contributed by atoms with Crippen LogP contribution in [0.4, 0.5) is 10.2 Å². The van der Waals surface area contributed by atoms with Gasteiger partial charge in [0.05, 0.1) is 18.2 Å². The summed E-state index contributed by atoms with van der Waals surface area (Å²) in [5.41, 5.74) is 0.756. The predicted molar refractivity (Wildman–Crippen MR) is 83.0 cm³/mol. The molecule has 1 aromatic carbocycles. The molecule has 21 heavy (non-hydrogen) atoms. The van der Waals surface area contributed by atoms with Gasteiger partial charge in [0.1, 0.15) is 18.0 Å². The molecule has 1 unspecified atom stereocenters. The van der Waals surface area contributed by atoms with Gasteiger partial charge < -0.3 is 9.64 Å². The molecule has 3 rings (SSSR count). The molecular weight excluding hydrogens is 291 g/mol. The molecule has 5 nitrogen and oxygen atoms in total. The highest BCUT2D eigenvalue weighted by Gasteiger charge is 2.22. The Kier molecular flexibility index (Phi) is 4.52. The zero-order valence-electron chi connectivity index (χ0n) is 11.8. The molecule has 112 valence electrons. The maximum atomic E-state index is 13.5. The summed E-state index contributed by atoms with van der Waals surface area (Å²) in [6, 6.07) is 4.60. The molecule has 1 N–H and O–H groups in total. The van der Waals surface area contributed by atoms with Crippen molar-refractivity contribution in [1.82, 2.24) is 14.7 Å². The van der Waals surface area contributed by atoms with Crippen molar-refractivity contribution in [2.75, 3.05) is 37.4 Å². The minimum atomic E-state index is -0.271. The van der Waals surface area contributed by atoms with Crippen LogP contribution in [0, 0.1) is 5.82 Å². The van der Waals surface area contributed by atoms with E-state index < -0.39 is 0 Å². The van der Waals surface area contributed by atoms with Crippen molar-refractivity contribution < 1.29 is 9.13 Å². The first kappa shape index (κ1) is 14.5. The normalized spacial score (nSPS) is 19.1. The van der Waals surface area contributed by atoms with Crippen LogP contribution in [0.5, 0.6) is 0 Å². The van der Waals surface area contributed by atoms with Gasteiger partial charge in [-0.2, -0.15) is 0 Å². The van der Waals surface area contributed by atoms with Crippen molar-refractivity contribution in [1.29, 1.82) is 0 Å². The van der Waals surface area contributed by atoms with Crippen LogP contribution in [0.1, 0.15) is 0 Å². The van der Waals surface area contributed by atoms with Gasteiger partial charge in [-0.05, 0) is 24.5 Å². The third-order valence-corrected chi connectivity index (χ3v) is 3.93. The molecule has 0 aliphatic carbocycles. The van der Waals surface area contributed by atoms with E-state index in [0.717, 1.165) is 36.4 Å². The number of rotatable bonds is 4. The van der Waals surface area contributed by atoms with Crippen molar-refractivity contribution >= 4 is 28.7 Å². The lowest BCUT2D eigenvalue weighted by Gasteiger charge is -2.34. The number of anilines is 1. The zero-order chi connectivity index (χ0) is 14.7. The molecule has 1 atom stereocenters. The second-order valence-electron chi connectivity index (χ2n) is 4.85. The van der Waals surface area contributed by atoms with Crippen LogP contribution in [0.15, 0.2) is 24.5 Å². The average Bonchev–Trinajstić information content (AvgIpc) is 2.52. The van der Waals surface area contributed by atoms with E-state index >= 15 is 0 Å². The summed E-state index contributed by atoms with van der Waals surface area (Å²) in [6.45, 7) is 2.89. The summed E-state index contributed by atoms with van der Waals surface area (Å²) in [5.74, 6) is 0.504. The molecule has 7 heteroatoms. The van der Waals surface area contributed by atoms with Gasteiger partial charge in [-0.25, -0.2) is 14.4 Å². The first-order valence-corrected chi connectivity index (χ1v) is 8.03. The Morgan fingerprint density at radius 2 is 2.38 bits per heavy atom. The number of aromatic nitrogens is 2. The summed E-state index contributed by atoms with van der Waals surface area (Å²) in [6.07, 6.45) is 3.62.